The first-order valence-electron chi connectivity index (χ1n) is 7.34. The van der Waals surface area contributed by atoms with Crippen LogP contribution in [0.3, 0.4) is 0 Å². The summed E-state index contributed by atoms with van der Waals surface area (Å²) < 4.78 is 10.8. The van der Waals surface area contributed by atoms with Gasteiger partial charge in [0, 0.05) is 19.6 Å². The van der Waals surface area contributed by atoms with Crippen LogP contribution in [0.4, 0.5) is 11.9 Å². The Hall–Kier alpha value is -1.63. The Balaban J connectivity index is 1.78. The molecule has 1 aromatic heterocycles. The number of nitrogens with one attached hydrogen (secondary N) is 1. The second-order valence-electron chi connectivity index (χ2n) is 5.10. The number of piperidine rings is 1. The van der Waals surface area contributed by atoms with Gasteiger partial charge in [-0.05, 0) is 26.2 Å². The molecule has 2 aliphatic heterocycles. The van der Waals surface area contributed by atoms with Crippen molar-refractivity contribution in [2.45, 2.75) is 32.3 Å². The van der Waals surface area contributed by atoms with Crippen molar-refractivity contribution in [3.8, 4) is 6.01 Å². The van der Waals surface area contributed by atoms with Crippen LogP contribution in [0.5, 0.6) is 6.01 Å². The van der Waals surface area contributed by atoms with Gasteiger partial charge in [0.2, 0.25) is 11.9 Å². The minimum atomic E-state index is 0.0704. The Kier molecular flexibility index (Phi) is 4.15. The average molecular weight is 279 g/mol. The molecule has 1 N–H and O–H groups in total. The number of rotatable bonds is 5. The van der Waals surface area contributed by atoms with E-state index in [1.54, 1.807) is 0 Å². The Morgan fingerprint density at radius 1 is 1.20 bits per heavy atom. The summed E-state index contributed by atoms with van der Waals surface area (Å²) in [6, 6.07) is 0.393. The Labute approximate surface area is 118 Å². The van der Waals surface area contributed by atoms with Gasteiger partial charge in [-0.3, -0.25) is 0 Å². The van der Waals surface area contributed by atoms with Gasteiger partial charge in [-0.25, -0.2) is 0 Å². The highest BCUT2D eigenvalue weighted by molar-refractivity contribution is 5.38. The molecular formula is C13H21N5O2. The zero-order chi connectivity index (χ0) is 13.8. The van der Waals surface area contributed by atoms with Gasteiger partial charge in [-0.2, -0.15) is 15.0 Å². The second kappa shape index (κ2) is 6.21. The molecule has 0 aliphatic carbocycles. The fourth-order valence-electron chi connectivity index (χ4n) is 2.30. The van der Waals surface area contributed by atoms with Crippen molar-refractivity contribution in [3.05, 3.63) is 0 Å². The molecule has 0 atom stereocenters. The van der Waals surface area contributed by atoms with E-state index in [0.717, 1.165) is 19.6 Å². The van der Waals surface area contributed by atoms with Crippen molar-refractivity contribution in [1.29, 1.82) is 0 Å². The van der Waals surface area contributed by atoms with Crippen molar-refractivity contribution in [1.82, 2.24) is 15.0 Å². The van der Waals surface area contributed by atoms with E-state index in [1.165, 1.54) is 19.3 Å². The van der Waals surface area contributed by atoms with Gasteiger partial charge < -0.3 is 19.7 Å². The number of nitrogens with zero attached hydrogens (tertiary/aromatic N) is 4. The lowest BCUT2D eigenvalue weighted by molar-refractivity contribution is -0.0831. The van der Waals surface area contributed by atoms with E-state index in [4.69, 9.17) is 9.47 Å². The first kappa shape index (κ1) is 13.4. The van der Waals surface area contributed by atoms with E-state index < -0.39 is 0 Å². The molecule has 20 heavy (non-hydrogen) atoms. The van der Waals surface area contributed by atoms with Gasteiger partial charge in [0.05, 0.1) is 13.2 Å². The normalized spacial score (nSPS) is 19.6. The molecule has 7 nitrogen and oxygen atoms in total. The third kappa shape index (κ3) is 3.09. The zero-order valence-corrected chi connectivity index (χ0v) is 11.8. The van der Waals surface area contributed by atoms with Gasteiger partial charge in [0.15, 0.2) is 0 Å². The summed E-state index contributed by atoms with van der Waals surface area (Å²) in [5.41, 5.74) is 0. The largest absolute Gasteiger partial charge is 0.455 e. The van der Waals surface area contributed by atoms with Crippen LogP contribution < -0.4 is 15.0 Å². The van der Waals surface area contributed by atoms with Crippen LogP contribution in [0.25, 0.3) is 0 Å². The van der Waals surface area contributed by atoms with Crippen LogP contribution in [0, 0.1) is 0 Å². The lowest BCUT2D eigenvalue weighted by Gasteiger charge is -2.28. The van der Waals surface area contributed by atoms with Crippen molar-refractivity contribution in [2.75, 3.05) is 43.1 Å². The van der Waals surface area contributed by atoms with Gasteiger partial charge in [0.1, 0.15) is 6.10 Å². The van der Waals surface area contributed by atoms with Gasteiger partial charge in [-0.15, -0.1) is 0 Å². The molecule has 2 saturated heterocycles. The third-order valence-corrected chi connectivity index (χ3v) is 3.46. The molecular weight excluding hydrogens is 258 g/mol. The molecule has 7 heteroatoms. The molecule has 0 amide bonds. The first-order valence-corrected chi connectivity index (χ1v) is 7.34. The minimum Gasteiger partial charge on any atom is -0.455 e. The number of hydrogen-bond donors (Lipinski definition) is 1. The van der Waals surface area contributed by atoms with Crippen LogP contribution >= 0.6 is 0 Å². The molecule has 0 spiro atoms. The SMILES string of the molecule is CCNc1nc(OC2COC2)nc(N2CCCCC2)n1. The molecule has 3 heterocycles. The predicted molar refractivity (Wildman–Crippen MR) is 75.3 cm³/mol. The molecule has 0 radical (unpaired) electrons. The first-order chi connectivity index (χ1) is 9.85. The van der Waals surface area contributed by atoms with E-state index in [2.05, 4.69) is 25.2 Å². The molecule has 0 aromatic carbocycles. The van der Waals surface area contributed by atoms with Crippen LogP contribution in [-0.4, -0.2) is 53.9 Å². The summed E-state index contributed by atoms with van der Waals surface area (Å²) >= 11 is 0. The standard InChI is InChI=1S/C13H21N5O2/c1-2-14-11-15-12(18-6-4-3-5-7-18)17-13(16-11)20-10-8-19-9-10/h10H,2-9H2,1H3,(H,14,15,16,17). The smallest absolute Gasteiger partial charge is 0.323 e. The summed E-state index contributed by atoms with van der Waals surface area (Å²) in [7, 11) is 0. The van der Waals surface area contributed by atoms with Gasteiger partial charge >= 0.3 is 6.01 Å². The summed E-state index contributed by atoms with van der Waals surface area (Å²) in [5, 5.41) is 3.14. The van der Waals surface area contributed by atoms with Crippen LogP contribution in [0.1, 0.15) is 26.2 Å². The average Bonchev–Trinajstić information content (AvgIpc) is 2.44. The minimum absolute atomic E-state index is 0.0704. The highest BCUT2D eigenvalue weighted by Crippen LogP contribution is 2.20. The maximum Gasteiger partial charge on any atom is 0.323 e. The van der Waals surface area contributed by atoms with Crippen LogP contribution in [0.15, 0.2) is 0 Å². The topological polar surface area (TPSA) is 72.4 Å². The van der Waals surface area contributed by atoms with Gasteiger partial charge in [-0.1, -0.05) is 0 Å². The highest BCUT2D eigenvalue weighted by Gasteiger charge is 2.23. The van der Waals surface area contributed by atoms with Crippen molar-refractivity contribution >= 4 is 11.9 Å². The maximum absolute atomic E-state index is 5.71. The van der Waals surface area contributed by atoms with Crippen LogP contribution in [-0.2, 0) is 4.74 Å². The molecule has 3 rings (SSSR count). The number of anilines is 2. The molecule has 2 aliphatic rings. The number of ether oxygens (including phenoxy) is 2. The van der Waals surface area contributed by atoms with Crippen LogP contribution in [0.2, 0.25) is 0 Å². The lowest BCUT2D eigenvalue weighted by Crippen LogP contribution is -2.39. The molecule has 0 saturated carbocycles. The maximum atomic E-state index is 5.71. The van der Waals surface area contributed by atoms with E-state index >= 15 is 0 Å². The van der Waals surface area contributed by atoms with Crippen molar-refractivity contribution in [2.24, 2.45) is 0 Å². The molecule has 0 bridgehead atoms. The summed E-state index contributed by atoms with van der Waals surface area (Å²) in [4.78, 5) is 15.4. The predicted octanol–water partition coefficient (Wildman–Crippen LogP) is 1.07. The monoisotopic (exact) mass is 279 g/mol. The number of hydrogen-bond acceptors (Lipinski definition) is 7. The fraction of sp³-hybridized carbons (Fsp3) is 0.769. The van der Waals surface area contributed by atoms with E-state index in [0.29, 0.717) is 31.1 Å². The third-order valence-electron chi connectivity index (χ3n) is 3.46. The fourth-order valence-corrected chi connectivity index (χ4v) is 2.30. The molecule has 1 aromatic rings. The molecule has 110 valence electrons. The van der Waals surface area contributed by atoms with Crippen molar-refractivity contribution < 1.29 is 9.47 Å². The van der Waals surface area contributed by atoms with Gasteiger partial charge in [0.25, 0.3) is 0 Å². The Morgan fingerprint density at radius 3 is 2.65 bits per heavy atom. The Bertz CT molecular complexity index is 446. The molecule has 0 unspecified atom stereocenters. The summed E-state index contributed by atoms with van der Waals surface area (Å²) in [6.07, 6.45) is 3.73. The summed E-state index contributed by atoms with van der Waals surface area (Å²) in [5.74, 6) is 1.30. The van der Waals surface area contributed by atoms with Crippen molar-refractivity contribution in [3.63, 3.8) is 0 Å². The molecule has 2 fully saturated rings. The van der Waals surface area contributed by atoms with E-state index in [9.17, 15) is 0 Å². The number of aromatic nitrogens is 3. The van der Waals surface area contributed by atoms with E-state index in [1.807, 2.05) is 6.92 Å². The second-order valence-corrected chi connectivity index (χ2v) is 5.10. The quantitative estimate of drug-likeness (QED) is 0.864. The Morgan fingerprint density at radius 2 is 2.00 bits per heavy atom. The zero-order valence-electron chi connectivity index (χ0n) is 11.8. The lowest BCUT2D eigenvalue weighted by atomic mass is 10.1. The highest BCUT2D eigenvalue weighted by atomic mass is 16.6. The van der Waals surface area contributed by atoms with E-state index in [-0.39, 0.29) is 6.10 Å². The summed E-state index contributed by atoms with van der Waals surface area (Å²) in [6.45, 7) is 6.02.